The van der Waals surface area contributed by atoms with E-state index in [0.717, 1.165) is 16.9 Å². The van der Waals surface area contributed by atoms with Crippen molar-refractivity contribution < 1.29 is 33.2 Å². The number of benzene rings is 3. The average molecular weight is 627 g/mol. The van der Waals surface area contributed by atoms with Crippen LogP contribution in [0.15, 0.2) is 60.7 Å². The van der Waals surface area contributed by atoms with Gasteiger partial charge in [-0.25, -0.2) is 13.9 Å². The Hall–Kier alpha value is -4.66. The summed E-state index contributed by atoms with van der Waals surface area (Å²) >= 11 is 0. The fourth-order valence-corrected chi connectivity index (χ4v) is 6.35. The number of imidazole rings is 1. The van der Waals surface area contributed by atoms with Crippen LogP contribution in [0, 0.1) is 0 Å². The zero-order valence-electron chi connectivity index (χ0n) is 27.6. The van der Waals surface area contributed by atoms with Crippen LogP contribution >= 0.6 is 0 Å². The SMILES string of the molecule is CCNC(=O)c1cc2c(cc1OCC(=O)OC(C)(C)C)[n+](CC)c(CCC(=O)OCC1c3ccccc3-c3ccccc31)n2CC. The van der Waals surface area contributed by atoms with Crippen LogP contribution < -0.4 is 14.6 Å². The lowest BCUT2D eigenvalue weighted by Crippen LogP contribution is -2.37. The molecular formula is C37H44N3O6+. The molecule has 0 radical (unpaired) electrons. The van der Waals surface area contributed by atoms with Crippen molar-refractivity contribution in [3.8, 4) is 16.9 Å². The maximum atomic E-state index is 13.2. The van der Waals surface area contributed by atoms with Gasteiger partial charge in [-0.2, -0.15) is 0 Å². The Balaban J connectivity index is 1.37. The summed E-state index contributed by atoms with van der Waals surface area (Å²) in [6.07, 6.45) is 0.662. The topological polar surface area (TPSA) is 99.7 Å². The lowest BCUT2D eigenvalue weighted by molar-refractivity contribution is -0.676. The van der Waals surface area contributed by atoms with Gasteiger partial charge in [0.05, 0.1) is 31.5 Å². The summed E-state index contributed by atoms with van der Waals surface area (Å²) in [6, 6.07) is 20.2. The maximum Gasteiger partial charge on any atom is 0.344 e. The van der Waals surface area contributed by atoms with Crippen LogP contribution in [0.3, 0.4) is 0 Å². The Morgan fingerprint density at radius 1 is 0.913 bits per heavy atom. The molecule has 4 aromatic rings. The summed E-state index contributed by atoms with van der Waals surface area (Å²) in [5, 5.41) is 2.84. The van der Waals surface area contributed by atoms with Gasteiger partial charge in [0.2, 0.25) is 0 Å². The standard InChI is InChI=1S/C37H43N3O6/c1-7-38-36(43)28-20-30-31(21-32(28)44-23-35(42)46-37(4,5)6)40(9-3)33(39(30)8-2)18-19-34(41)45-22-29-26-16-12-10-14-24(26)25-15-11-13-17-27(25)29/h10-17,20-21,29H,7-9,18-19,22-23H2,1-6H3/p+1. The lowest BCUT2D eigenvalue weighted by atomic mass is 9.98. The molecule has 242 valence electrons. The zero-order chi connectivity index (χ0) is 33.0. The molecule has 0 atom stereocenters. The van der Waals surface area contributed by atoms with Gasteiger partial charge in [0, 0.05) is 24.6 Å². The molecule has 9 nitrogen and oxygen atoms in total. The number of aromatic nitrogens is 2. The van der Waals surface area contributed by atoms with Crippen molar-refractivity contribution in [2.45, 2.75) is 79.0 Å². The van der Waals surface area contributed by atoms with Crippen LogP contribution in [0.2, 0.25) is 0 Å². The van der Waals surface area contributed by atoms with Gasteiger partial charge in [-0.1, -0.05) is 48.5 Å². The van der Waals surface area contributed by atoms with Crippen molar-refractivity contribution in [3.05, 3.63) is 83.2 Å². The summed E-state index contributed by atoms with van der Waals surface area (Å²) in [6.45, 7) is 13.0. The Bertz CT molecular complexity index is 1720. The van der Waals surface area contributed by atoms with Crippen molar-refractivity contribution in [1.29, 1.82) is 0 Å². The average Bonchev–Trinajstić information content (AvgIpc) is 3.51. The van der Waals surface area contributed by atoms with Gasteiger partial charge in [-0.15, -0.1) is 0 Å². The molecule has 0 aliphatic heterocycles. The van der Waals surface area contributed by atoms with E-state index in [1.165, 1.54) is 22.3 Å². The van der Waals surface area contributed by atoms with Crippen LogP contribution in [-0.2, 0) is 38.6 Å². The first kappa shape index (κ1) is 32.7. The third-order valence-corrected chi connectivity index (χ3v) is 8.19. The highest BCUT2D eigenvalue weighted by Crippen LogP contribution is 2.44. The first-order chi connectivity index (χ1) is 22.1. The summed E-state index contributed by atoms with van der Waals surface area (Å²) < 4.78 is 21.4. The van der Waals surface area contributed by atoms with Crippen molar-refractivity contribution >= 4 is 28.9 Å². The summed E-state index contributed by atoms with van der Waals surface area (Å²) in [7, 11) is 0. The van der Waals surface area contributed by atoms with E-state index in [0.29, 0.717) is 37.4 Å². The van der Waals surface area contributed by atoms with E-state index in [2.05, 4.69) is 38.7 Å². The quantitative estimate of drug-likeness (QED) is 0.159. The molecule has 46 heavy (non-hydrogen) atoms. The number of fused-ring (bicyclic) bond motifs is 4. The number of rotatable bonds is 12. The number of ether oxygens (including phenoxy) is 3. The second-order valence-electron chi connectivity index (χ2n) is 12.4. The minimum atomic E-state index is -0.654. The zero-order valence-corrected chi connectivity index (χ0v) is 27.6. The number of nitrogens with one attached hydrogen (secondary N) is 1. The molecule has 1 aliphatic rings. The number of carbonyl (C=O) groups is 3. The van der Waals surface area contributed by atoms with Crippen LogP contribution in [0.4, 0.5) is 0 Å². The second kappa shape index (κ2) is 13.8. The molecule has 1 aromatic heterocycles. The number of hydrogen-bond acceptors (Lipinski definition) is 6. The van der Waals surface area contributed by atoms with Crippen LogP contribution in [0.1, 0.15) is 81.2 Å². The van der Waals surface area contributed by atoms with Gasteiger partial charge in [-0.3, -0.25) is 9.59 Å². The highest BCUT2D eigenvalue weighted by molar-refractivity contribution is 6.00. The first-order valence-corrected chi connectivity index (χ1v) is 16.1. The van der Waals surface area contributed by atoms with E-state index < -0.39 is 11.6 Å². The number of esters is 2. The Morgan fingerprint density at radius 3 is 2.15 bits per heavy atom. The number of carbonyl (C=O) groups excluding carboxylic acids is 3. The van der Waals surface area contributed by atoms with Gasteiger partial charge in [-0.05, 0) is 63.8 Å². The van der Waals surface area contributed by atoms with Gasteiger partial charge in [0.15, 0.2) is 17.6 Å². The first-order valence-electron chi connectivity index (χ1n) is 16.1. The largest absolute Gasteiger partial charge is 0.481 e. The van der Waals surface area contributed by atoms with Crippen molar-refractivity contribution in [2.75, 3.05) is 19.8 Å². The van der Waals surface area contributed by atoms with Gasteiger partial charge in [0.25, 0.3) is 11.7 Å². The lowest BCUT2D eigenvalue weighted by Gasteiger charge is -2.19. The Labute approximate surface area is 270 Å². The molecule has 0 unspecified atom stereocenters. The third kappa shape index (κ3) is 6.78. The van der Waals surface area contributed by atoms with E-state index in [1.807, 2.05) is 45.0 Å². The highest BCUT2D eigenvalue weighted by Gasteiger charge is 2.31. The fourth-order valence-electron chi connectivity index (χ4n) is 6.35. The van der Waals surface area contributed by atoms with E-state index in [-0.39, 0.29) is 37.4 Å². The van der Waals surface area contributed by atoms with Gasteiger partial charge in [0.1, 0.15) is 18.0 Å². The number of nitrogens with zero attached hydrogens (tertiary/aromatic N) is 2. The van der Waals surface area contributed by atoms with Gasteiger partial charge >= 0.3 is 11.9 Å². The van der Waals surface area contributed by atoms with E-state index in [4.69, 9.17) is 14.2 Å². The predicted octanol–water partition coefficient (Wildman–Crippen LogP) is 5.73. The minimum Gasteiger partial charge on any atom is -0.481 e. The summed E-state index contributed by atoms with van der Waals surface area (Å²) in [5.74, 6) is 0.165. The monoisotopic (exact) mass is 626 g/mol. The van der Waals surface area contributed by atoms with E-state index in [9.17, 15) is 14.4 Å². The number of amides is 1. The second-order valence-corrected chi connectivity index (χ2v) is 12.4. The Morgan fingerprint density at radius 2 is 1.57 bits per heavy atom. The highest BCUT2D eigenvalue weighted by atomic mass is 16.6. The molecule has 1 amide bonds. The minimum absolute atomic E-state index is 0.00538. The number of hydrogen-bond donors (Lipinski definition) is 1. The molecule has 5 rings (SSSR count). The molecule has 0 bridgehead atoms. The molecule has 1 aliphatic carbocycles. The maximum absolute atomic E-state index is 13.2. The molecule has 0 spiro atoms. The van der Waals surface area contributed by atoms with Crippen LogP contribution in [0.25, 0.3) is 22.2 Å². The van der Waals surface area contributed by atoms with E-state index in [1.54, 1.807) is 32.9 Å². The molecule has 0 fully saturated rings. The molecule has 0 saturated heterocycles. The third-order valence-electron chi connectivity index (χ3n) is 8.19. The van der Waals surface area contributed by atoms with Gasteiger partial charge < -0.3 is 19.5 Å². The molecule has 1 N–H and O–H groups in total. The summed E-state index contributed by atoms with van der Waals surface area (Å²) in [4.78, 5) is 38.7. The Kier molecular flexibility index (Phi) is 9.79. The van der Waals surface area contributed by atoms with Crippen molar-refractivity contribution in [3.63, 3.8) is 0 Å². The smallest absolute Gasteiger partial charge is 0.344 e. The van der Waals surface area contributed by atoms with Crippen LogP contribution in [-0.4, -0.2) is 47.8 Å². The summed E-state index contributed by atoms with van der Waals surface area (Å²) in [5.41, 5.74) is 6.11. The van der Waals surface area contributed by atoms with Crippen molar-refractivity contribution in [2.24, 2.45) is 0 Å². The normalized spacial score (nSPS) is 12.5. The molecule has 3 aromatic carbocycles. The van der Waals surface area contributed by atoms with Crippen LogP contribution in [0.5, 0.6) is 5.75 Å². The van der Waals surface area contributed by atoms with Crippen molar-refractivity contribution in [1.82, 2.24) is 9.88 Å². The molecule has 1 heterocycles. The molecule has 0 saturated carbocycles. The predicted molar refractivity (Wildman–Crippen MR) is 176 cm³/mol. The van der Waals surface area contributed by atoms with E-state index >= 15 is 0 Å². The molecule has 9 heteroatoms. The number of aryl methyl sites for hydroxylation is 2. The molecular weight excluding hydrogens is 582 g/mol. The fraction of sp³-hybridized carbons (Fsp3) is 0.405.